The van der Waals surface area contributed by atoms with Crippen LogP contribution in [0.15, 0.2) is 12.3 Å². The third kappa shape index (κ3) is 5.80. The van der Waals surface area contributed by atoms with Gasteiger partial charge in [0.25, 0.3) is 0 Å². The minimum atomic E-state index is -1.56. The molecule has 0 aliphatic carbocycles. The van der Waals surface area contributed by atoms with E-state index >= 15 is 0 Å². The smallest absolute Gasteiger partial charge is 0.494 e. The Labute approximate surface area is 150 Å². The normalized spacial score (nSPS) is 16.4. The van der Waals surface area contributed by atoms with Gasteiger partial charge in [-0.15, -0.1) is 0 Å². The van der Waals surface area contributed by atoms with Gasteiger partial charge in [0.2, 0.25) is 5.95 Å². The zero-order chi connectivity index (χ0) is 19.5. The summed E-state index contributed by atoms with van der Waals surface area (Å²) in [5, 5.41) is 0. The maximum absolute atomic E-state index is 14.1. The van der Waals surface area contributed by atoms with Crippen LogP contribution in [0.4, 0.5) is 4.39 Å². The number of carbonyl (C=O) groups excluding carboxylic acids is 3. The molecule has 0 unspecified atom stereocenters. The molecular formula is C16H20BFN2O6. The van der Waals surface area contributed by atoms with Crippen LogP contribution in [0.2, 0.25) is 0 Å². The summed E-state index contributed by atoms with van der Waals surface area (Å²) in [5.74, 6) is -2.84. The van der Waals surface area contributed by atoms with Crippen molar-refractivity contribution in [2.75, 3.05) is 20.1 Å². The van der Waals surface area contributed by atoms with Crippen LogP contribution in [0.3, 0.4) is 0 Å². The maximum Gasteiger partial charge on any atom is 0.641 e. The number of ether oxygens (including phenoxy) is 1. The van der Waals surface area contributed by atoms with E-state index < -0.39 is 36.6 Å². The van der Waals surface area contributed by atoms with Gasteiger partial charge in [0.15, 0.2) is 0 Å². The molecule has 1 fully saturated rings. The first-order chi connectivity index (χ1) is 12.0. The molecule has 0 aromatic carbocycles. The molecule has 0 N–H and O–H groups in total. The Hall–Kier alpha value is -2.49. The first-order valence-corrected chi connectivity index (χ1v) is 7.97. The second kappa shape index (κ2) is 7.82. The molecular weight excluding hydrogens is 346 g/mol. The number of pyridine rings is 1. The van der Waals surface area contributed by atoms with Crippen molar-refractivity contribution in [3.8, 4) is 0 Å². The van der Waals surface area contributed by atoms with Crippen LogP contribution in [0.1, 0.15) is 26.3 Å². The zero-order valence-corrected chi connectivity index (χ0v) is 15.1. The van der Waals surface area contributed by atoms with Crippen molar-refractivity contribution in [2.45, 2.75) is 32.8 Å². The molecule has 0 radical (unpaired) electrons. The lowest BCUT2D eigenvalue weighted by Gasteiger charge is -2.23. The highest BCUT2D eigenvalue weighted by molar-refractivity contribution is 6.64. The van der Waals surface area contributed by atoms with E-state index in [1.165, 1.54) is 17.2 Å². The summed E-state index contributed by atoms with van der Waals surface area (Å²) in [6, 6.07) is 1.27. The van der Waals surface area contributed by atoms with Crippen LogP contribution >= 0.6 is 0 Å². The average Bonchev–Trinajstić information content (AvgIpc) is 2.44. The topological polar surface area (TPSA) is 95.0 Å². The van der Waals surface area contributed by atoms with E-state index in [1.807, 2.05) is 0 Å². The van der Waals surface area contributed by atoms with E-state index in [4.69, 9.17) is 14.0 Å². The molecule has 0 saturated carbocycles. The zero-order valence-electron chi connectivity index (χ0n) is 15.1. The van der Waals surface area contributed by atoms with E-state index in [0.29, 0.717) is 5.56 Å². The van der Waals surface area contributed by atoms with Gasteiger partial charge in [-0.2, -0.15) is 4.39 Å². The van der Waals surface area contributed by atoms with Gasteiger partial charge in [0.05, 0.1) is 25.0 Å². The minimum Gasteiger partial charge on any atom is -0.494 e. The van der Waals surface area contributed by atoms with Gasteiger partial charge in [-0.3, -0.25) is 19.3 Å². The fourth-order valence-electron chi connectivity index (χ4n) is 2.28. The molecule has 26 heavy (non-hydrogen) atoms. The van der Waals surface area contributed by atoms with Crippen molar-refractivity contribution < 1.29 is 32.8 Å². The molecule has 1 aromatic rings. The van der Waals surface area contributed by atoms with Crippen molar-refractivity contribution in [2.24, 2.45) is 0 Å². The van der Waals surface area contributed by atoms with Crippen molar-refractivity contribution in [3.05, 3.63) is 23.8 Å². The molecule has 1 saturated heterocycles. The Morgan fingerprint density at radius 2 is 1.88 bits per heavy atom. The molecule has 1 aliphatic heterocycles. The number of esters is 1. The lowest BCUT2D eigenvalue weighted by Crippen LogP contribution is -2.49. The van der Waals surface area contributed by atoms with Crippen LogP contribution in [0.25, 0.3) is 0 Å². The first-order valence-electron chi connectivity index (χ1n) is 7.97. The summed E-state index contributed by atoms with van der Waals surface area (Å²) < 4.78 is 29.3. The minimum absolute atomic E-state index is 0.141. The molecule has 2 rings (SSSR count). The number of hydrogen-bond donors (Lipinski definition) is 0. The summed E-state index contributed by atoms with van der Waals surface area (Å²) >= 11 is 0. The highest BCUT2D eigenvalue weighted by Crippen LogP contribution is 2.10. The molecule has 1 aliphatic rings. The highest BCUT2D eigenvalue weighted by Gasteiger charge is 2.37. The number of halogens is 1. The molecule has 2 heterocycles. The van der Waals surface area contributed by atoms with E-state index in [-0.39, 0.29) is 25.0 Å². The van der Waals surface area contributed by atoms with Gasteiger partial charge < -0.3 is 14.0 Å². The Morgan fingerprint density at radius 3 is 2.42 bits per heavy atom. The monoisotopic (exact) mass is 366 g/mol. The second-order valence-electron chi connectivity index (χ2n) is 6.97. The Kier molecular flexibility index (Phi) is 5.96. The predicted molar refractivity (Wildman–Crippen MR) is 88.8 cm³/mol. The summed E-state index contributed by atoms with van der Waals surface area (Å²) in [5.41, 5.74) is -0.566. The summed E-state index contributed by atoms with van der Waals surface area (Å²) in [4.78, 5) is 40.5. The van der Waals surface area contributed by atoms with Gasteiger partial charge in [0, 0.05) is 6.20 Å². The third-order valence-corrected chi connectivity index (χ3v) is 3.22. The number of hydrogen-bond acceptors (Lipinski definition) is 8. The van der Waals surface area contributed by atoms with Gasteiger partial charge >= 0.3 is 25.0 Å². The third-order valence-electron chi connectivity index (χ3n) is 3.22. The van der Waals surface area contributed by atoms with Gasteiger partial charge in [-0.1, -0.05) is 0 Å². The molecule has 10 heteroatoms. The number of nitrogens with zero attached hydrogens (tertiary/aromatic N) is 2. The van der Waals surface area contributed by atoms with Crippen LogP contribution in [-0.2, 0) is 34.9 Å². The van der Waals surface area contributed by atoms with Crippen LogP contribution in [0.5, 0.6) is 0 Å². The molecule has 140 valence electrons. The van der Waals surface area contributed by atoms with Gasteiger partial charge in [-0.25, -0.2) is 4.98 Å². The van der Waals surface area contributed by atoms with E-state index in [2.05, 4.69) is 4.98 Å². The second-order valence-corrected chi connectivity index (χ2v) is 6.97. The highest BCUT2D eigenvalue weighted by atomic mass is 19.1. The van der Waals surface area contributed by atoms with E-state index in [9.17, 15) is 18.8 Å². The van der Waals surface area contributed by atoms with Gasteiger partial charge in [0.1, 0.15) is 5.60 Å². The van der Waals surface area contributed by atoms with E-state index in [1.54, 1.807) is 27.8 Å². The summed E-state index contributed by atoms with van der Waals surface area (Å²) in [7, 11) is -0.0123. The van der Waals surface area contributed by atoms with Crippen molar-refractivity contribution in [1.29, 1.82) is 0 Å². The number of rotatable bonds is 3. The van der Waals surface area contributed by atoms with E-state index in [0.717, 1.165) is 0 Å². The lowest BCUT2D eigenvalue weighted by molar-refractivity contribution is -0.154. The molecule has 1 aromatic heterocycles. The number of aromatic nitrogens is 1. The first kappa shape index (κ1) is 19.8. The molecule has 0 bridgehead atoms. The Morgan fingerprint density at radius 1 is 1.31 bits per heavy atom. The molecule has 0 spiro atoms. The summed E-state index contributed by atoms with van der Waals surface area (Å²) in [6.07, 6.45) is 1.01. The quantitative estimate of drug-likeness (QED) is 0.414. The van der Waals surface area contributed by atoms with Crippen LogP contribution in [-0.4, -0.2) is 60.6 Å². The summed E-state index contributed by atoms with van der Waals surface area (Å²) in [6.45, 7) is 4.90. The van der Waals surface area contributed by atoms with Crippen molar-refractivity contribution in [1.82, 2.24) is 9.88 Å². The van der Waals surface area contributed by atoms with Gasteiger partial charge in [-0.05, 0) is 39.4 Å². The average molecular weight is 366 g/mol. The molecule has 8 nitrogen and oxygen atoms in total. The molecule has 0 amide bonds. The van der Waals surface area contributed by atoms with Crippen LogP contribution in [0, 0.1) is 5.95 Å². The lowest BCUT2D eigenvalue weighted by atomic mass is 9.78. The largest absolute Gasteiger partial charge is 0.641 e. The number of carbonyl (C=O) groups is 3. The molecule has 0 atom stereocenters. The van der Waals surface area contributed by atoms with Crippen molar-refractivity contribution >= 4 is 30.5 Å². The Balaban J connectivity index is 2.21. The predicted octanol–water partition coefficient (Wildman–Crippen LogP) is -0.168. The standard InChI is InChI=1S/C16H20BFN2O6/c1-16(2,3)24-12(21)6-10-5-11(15(18)19-7-10)17-25-13(22)8-20(4)9-14(23)26-17/h5,7H,6,8-9H2,1-4H3. The maximum atomic E-state index is 14.1. The fourth-order valence-corrected chi connectivity index (χ4v) is 2.28. The van der Waals surface area contributed by atoms with Crippen LogP contribution < -0.4 is 5.46 Å². The Bertz CT molecular complexity index is 701. The fraction of sp³-hybridized carbons (Fsp3) is 0.500. The number of likely N-dealkylation sites (N-methyl/N-ethyl adjacent to an activating group) is 1. The van der Waals surface area contributed by atoms with Crippen molar-refractivity contribution in [3.63, 3.8) is 0 Å². The SMILES string of the molecule is CN1CC(=O)OB(c2cc(CC(=O)OC(C)(C)C)cnc2F)OC(=O)C1.